The van der Waals surface area contributed by atoms with Gasteiger partial charge in [0.1, 0.15) is 11.6 Å². The number of halogens is 1. The lowest BCUT2D eigenvalue weighted by Crippen LogP contribution is -2.11. The Balaban J connectivity index is 1.51. The van der Waals surface area contributed by atoms with E-state index < -0.39 is 5.82 Å². The summed E-state index contributed by atoms with van der Waals surface area (Å²) >= 11 is 1.22. The molecule has 0 aliphatic heterocycles. The van der Waals surface area contributed by atoms with Crippen LogP contribution in [-0.4, -0.2) is 25.4 Å². The van der Waals surface area contributed by atoms with Gasteiger partial charge in [0.15, 0.2) is 0 Å². The monoisotopic (exact) mass is 451 g/mol. The molecular weight excluding hydrogens is 429 g/mol. The molecule has 0 atom stereocenters. The van der Waals surface area contributed by atoms with Crippen LogP contribution in [0.1, 0.15) is 35.4 Å². The molecule has 0 spiro atoms. The third-order valence-corrected chi connectivity index (χ3v) is 5.74. The quantitative estimate of drug-likeness (QED) is 0.356. The zero-order valence-corrected chi connectivity index (χ0v) is 18.6. The van der Waals surface area contributed by atoms with E-state index in [9.17, 15) is 9.18 Å². The molecule has 1 aromatic carbocycles. The lowest BCUT2D eigenvalue weighted by Gasteiger charge is -2.14. The average Bonchev–Trinajstić information content (AvgIpc) is 3.37. The summed E-state index contributed by atoms with van der Waals surface area (Å²) in [5.74, 6) is 0.455. The molecule has 4 rings (SSSR count). The number of carbonyl (C=O) groups excluding carboxylic acids is 1. The maximum absolute atomic E-state index is 13.4. The second kappa shape index (κ2) is 8.75. The molecule has 0 saturated carbocycles. The van der Waals surface area contributed by atoms with Crippen LogP contribution in [0.5, 0.6) is 0 Å². The molecule has 4 aromatic rings. The van der Waals surface area contributed by atoms with Crippen molar-refractivity contribution in [2.75, 3.05) is 16.4 Å². The van der Waals surface area contributed by atoms with Crippen LogP contribution in [0.25, 0.3) is 11.4 Å². The van der Waals surface area contributed by atoms with Crippen molar-refractivity contribution in [2.24, 2.45) is 0 Å². The summed E-state index contributed by atoms with van der Waals surface area (Å²) in [6.45, 7) is 6.14. The van der Waals surface area contributed by atoms with Gasteiger partial charge in [-0.2, -0.15) is 0 Å². The van der Waals surface area contributed by atoms with Gasteiger partial charge < -0.3 is 20.9 Å². The number of nitrogens with two attached hydrogens (primary N) is 1. The van der Waals surface area contributed by atoms with E-state index in [0.717, 1.165) is 17.2 Å². The van der Waals surface area contributed by atoms with Crippen LogP contribution in [-0.2, 0) is 0 Å². The normalized spacial score (nSPS) is 11.0. The summed E-state index contributed by atoms with van der Waals surface area (Å²) in [6.07, 6.45) is 3.47. The first kappa shape index (κ1) is 21.4. The molecule has 8 nitrogen and oxygen atoms in total. The van der Waals surface area contributed by atoms with Crippen LogP contribution in [0.2, 0.25) is 0 Å². The third-order valence-electron chi connectivity index (χ3n) is 4.74. The number of benzene rings is 1. The second-order valence-electron chi connectivity index (χ2n) is 7.39. The first-order chi connectivity index (χ1) is 15.3. The maximum atomic E-state index is 13.4. The van der Waals surface area contributed by atoms with Gasteiger partial charge in [-0.15, -0.1) is 11.3 Å². The topological polar surface area (TPSA) is 111 Å². The molecule has 10 heteroatoms. The fourth-order valence-corrected chi connectivity index (χ4v) is 4.11. The van der Waals surface area contributed by atoms with Crippen LogP contribution in [0.3, 0.4) is 0 Å². The van der Waals surface area contributed by atoms with Gasteiger partial charge in [0.05, 0.1) is 38.8 Å². The van der Waals surface area contributed by atoms with Gasteiger partial charge in [0.25, 0.3) is 5.91 Å². The van der Waals surface area contributed by atoms with E-state index in [1.54, 1.807) is 24.5 Å². The molecule has 1 amide bonds. The summed E-state index contributed by atoms with van der Waals surface area (Å²) in [7, 11) is 0. The molecule has 32 heavy (non-hydrogen) atoms. The minimum atomic E-state index is -0.478. The van der Waals surface area contributed by atoms with Crippen LogP contribution in [0, 0.1) is 12.7 Å². The van der Waals surface area contributed by atoms with E-state index in [0.29, 0.717) is 15.8 Å². The number of aromatic nitrogens is 4. The fourth-order valence-electron chi connectivity index (χ4n) is 3.31. The van der Waals surface area contributed by atoms with E-state index in [1.165, 1.54) is 29.5 Å². The molecule has 0 bridgehead atoms. The number of anilines is 4. The molecule has 3 aromatic heterocycles. The van der Waals surface area contributed by atoms with Crippen LogP contribution in [0.15, 0.2) is 48.8 Å². The number of carbonyl (C=O) groups is 1. The average molecular weight is 452 g/mol. The number of imidazole rings is 1. The highest BCUT2D eigenvalue weighted by molar-refractivity contribution is 7.18. The predicted molar refractivity (Wildman–Crippen MR) is 125 cm³/mol. The first-order valence-electron chi connectivity index (χ1n) is 9.92. The molecule has 4 N–H and O–H groups in total. The Labute approximate surface area is 188 Å². The highest BCUT2D eigenvalue weighted by Crippen LogP contribution is 2.28. The van der Waals surface area contributed by atoms with E-state index in [2.05, 4.69) is 44.0 Å². The first-order valence-corrected chi connectivity index (χ1v) is 10.7. The summed E-state index contributed by atoms with van der Waals surface area (Å²) in [5.41, 5.74) is 7.97. The van der Waals surface area contributed by atoms with Gasteiger partial charge >= 0.3 is 0 Å². The lowest BCUT2D eigenvalue weighted by atomic mass is 10.2. The third kappa shape index (κ3) is 4.45. The van der Waals surface area contributed by atoms with Crippen LogP contribution in [0.4, 0.5) is 26.7 Å². The molecule has 0 radical (unpaired) electrons. The van der Waals surface area contributed by atoms with Crippen molar-refractivity contribution < 1.29 is 9.18 Å². The summed E-state index contributed by atoms with van der Waals surface area (Å²) in [4.78, 5) is 26.3. The number of nitrogens with one attached hydrogen (secondary N) is 2. The number of aryl methyl sites for hydroxylation is 1. The van der Waals surface area contributed by atoms with Crippen LogP contribution >= 0.6 is 11.3 Å². The Kier molecular flexibility index (Phi) is 5.87. The van der Waals surface area contributed by atoms with E-state index in [4.69, 9.17) is 5.73 Å². The van der Waals surface area contributed by atoms with Gasteiger partial charge in [-0.3, -0.25) is 4.79 Å². The Morgan fingerprint density at radius 3 is 2.78 bits per heavy atom. The number of nitrogens with zero attached hydrogens (tertiary/aromatic N) is 4. The van der Waals surface area contributed by atoms with Gasteiger partial charge in [0.2, 0.25) is 5.95 Å². The molecule has 0 fully saturated rings. The van der Waals surface area contributed by atoms with Crippen molar-refractivity contribution in [3.05, 3.63) is 65.3 Å². The minimum Gasteiger partial charge on any atom is -0.397 e. The van der Waals surface area contributed by atoms with Crippen molar-refractivity contribution in [1.29, 1.82) is 0 Å². The zero-order chi connectivity index (χ0) is 22.8. The number of nitrogen functional groups attached to an aromatic ring is 1. The molecule has 3 heterocycles. The molecule has 0 aliphatic carbocycles. The van der Waals surface area contributed by atoms with E-state index in [-0.39, 0.29) is 23.3 Å². The Hall–Kier alpha value is -3.79. The van der Waals surface area contributed by atoms with Crippen molar-refractivity contribution in [1.82, 2.24) is 19.5 Å². The summed E-state index contributed by atoms with van der Waals surface area (Å²) < 4.78 is 15.5. The minimum absolute atomic E-state index is 0.228. The Morgan fingerprint density at radius 2 is 2.00 bits per heavy atom. The van der Waals surface area contributed by atoms with E-state index >= 15 is 0 Å². The highest BCUT2D eigenvalue weighted by Gasteiger charge is 2.15. The summed E-state index contributed by atoms with van der Waals surface area (Å²) in [6, 6.07) is 9.32. The maximum Gasteiger partial charge on any atom is 0.265 e. The molecular formula is C22H22FN7OS. The zero-order valence-electron chi connectivity index (χ0n) is 17.8. The van der Waals surface area contributed by atoms with Crippen molar-refractivity contribution in [3.8, 4) is 11.4 Å². The predicted octanol–water partition coefficient (Wildman–Crippen LogP) is 5.01. The Morgan fingerprint density at radius 1 is 1.19 bits per heavy atom. The number of hydrogen-bond donors (Lipinski definition) is 3. The fraction of sp³-hybridized carbons (Fsp3) is 0.182. The standard InChI is InChI=1S/C22H22FN7OS/c1-12(2)30-13(3)26-11-18(30)16-8-9-25-22(28-16)29-20-7-6-19(32-20)21(31)27-17-10-14(23)4-5-15(17)24/h4-12H,24H2,1-3H3,(H,27,31)(H,25,28,29). The number of thiophene rings is 1. The largest absolute Gasteiger partial charge is 0.397 e. The number of hydrogen-bond acceptors (Lipinski definition) is 7. The molecule has 0 aliphatic rings. The van der Waals surface area contributed by atoms with Crippen molar-refractivity contribution >= 4 is 39.6 Å². The van der Waals surface area contributed by atoms with Gasteiger partial charge in [-0.1, -0.05) is 0 Å². The lowest BCUT2D eigenvalue weighted by molar-refractivity contribution is 0.103. The smallest absolute Gasteiger partial charge is 0.265 e. The Bertz CT molecular complexity index is 1280. The molecule has 0 saturated heterocycles. The van der Waals surface area contributed by atoms with Gasteiger partial charge in [0, 0.05) is 12.2 Å². The molecule has 0 unspecified atom stereocenters. The van der Waals surface area contributed by atoms with Gasteiger partial charge in [-0.25, -0.2) is 19.3 Å². The number of amides is 1. The van der Waals surface area contributed by atoms with Gasteiger partial charge in [-0.05, 0) is 57.2 Å². The molecule has 164 valence electrons. The van der Waals surface area contributed by atoms with Crippen molar-refractivity contribution in [3.63, 3.8) is 0 Å². The number of rotatable bonds is 6. The highest BCUT2D eigenvalue weighted by atomic mass is 32.1. The summed E-state index contributed by atoms with van der Waals surface area (Å²) in [5, 5.41) is 6.45. The van der Waals surface area contributed by atoms with Crippen molar-refractivity contribution in [2.45, 2.75) is 26.8 Å². The second-order valence-corrected chi connectivity index (χ2v) is 8.48. The SMILES string of the molecule is Cc1ncc(-c2ccnc(Nc3ccc(C(=O)Nc4cc(F)ccc4N)s3)n2)n1C(C)C. The van der Waals surface area contributed by atoms with Crippen LogP contribution < -0.4 is 16.4 Å². The van der Waals surface area contributed by atoms with E-state index in [1.807, 2.05) is 13.0 Å².